The minimum atomic E-state index is -0.466. The number of amides is 1. The molecule has 0 bridgehead atoms. The lowest BCUT2D eigenvalue weighted by molar-refractivity contribution is -0.121. The second-order valence-electron chi connectivity index (χ2n) is 6.83. The first-order chi connectivity index (χ1) is 15.5. The van der Waals surface area contributed by atoms with Gasteiger partial charge < -0.3 is 9.84 Å². The number of hydrogen-bond donors (Lipinski definition) is 2. The molecule has 0 aliphatic rings. The smallest absolute Gasteiger partial charge is 0.262 e. The van der Waals surface area contributed by atoms with E-state index >= 15 is 0 Å². The molecular formula is C23H20N4O4S. The second-order valence-corrected chi connectivity index (χ2v) is 7.86. The van der Waals surface area contributed by atoms with Crippen molar-refractivity contribution in [3.8, 4) is 21.9 Å². The number of carbonyl (C=O) groups excluding carboxylic acids is 1. The van der Waals surface area contributed by atoms with Gasteiger partial charge in [0.1, 0.15) is 11.4 Å². The number of ether oxygens (including phenoxy) is 1. The van der Waals surface area contributed by atoms with Crippen molar-refractivity contribution >= 4 is 33.7 Å². The van der Waals surface area contributed by atoms with Crippen molar-refractivity contribution in [2.75, 3.05) is 6.61 Å². The number of nitrogens with zero attached hydrogens (tertiary/aromatic N) is 3. The van der Waals surface area contributed by atoms with Crippen LogP contribution in [0.4, 0.5) is 0 Å². The number of aromatic hydroxyl groups is 1. The molecule has 8 nitrogen and oxygen atoms in total. The molecule has 162 valence electrons. The summed E-state index contributed by atoms with van der Waals surface area (Å²) in [4.78, 5) is 31.0. The van der Waals surface area contributed by atoms with E-state index in [1.54, 1.807) is 18.2 Å². The van der Waals surface area contributed by atoms with Crippen molar-refractivity contribution in [1.82, 2.24) is 15.0 Å². The minimum absolute atomic E-state index is 0.0270. The monoisotopic (exact) mass is 448 g/mol. The average molecular weight is 449 g/mol. The van der Waals surface area contributed by atoms with Crippen LogP contribution in [0.1, 0.15) is 12.5 Å². The maximum Gasteiger partial charge on any atom is 0.262 e. The van der Waals surface area contributed by atoms with E-state index in [4.69, 9.17) is 4.74 Å². The molecule has 2 aromatic carbocycles. The van der Waals surface area contributed by atoms with Gasteiger partial charge in [-0.1, -0.05) is 30.3 Å². The van der Waals surface area contributed by atoms with Crippen molar-refractivity contribution in [3.63, 3.8) is 0 Å². The number of fused-ring (bicyclic) bond motifs is 1. The molecule has 0 fully saturated rings. The number of phenols is 1. The molecule has 0 unspecified atom stereocenters. The van der Waals surface area contributed by atoms with Crippen LogP contribution in [0.3, 0.4) is 0 Å². The van der Waals surface area contributed by atoms with E-state index < -0.39 is 5.91 Å². The molecule has 32 heavy (non-hydrogen) atoms. The number of carbonyl (C=O) groups is 1. The Hall–Kier alpha value is -3.98. The predicted molar refractivity (Wildman–Crippen MR) is 124 cm³/mol. The summed E-state index contributed by atoms with van der Waals surface area (Å²) >= 11 is 1.43. The van der Waals surface area contributed by atoms with E-state index in [2.05, 4.69) is 15.5 Å². The van der Waals surface area contributed by atoms with Gasteiger partial charge in [0.05, 0.1) is 24.5 Å². The maximum absolute atomic E-state index is 12.8. The van der Waals surface area contributed by atoms with Crippen LogP contribution in [-0.2, 0) is 11.3 Å². The molecule has 2 N–H and O–H groups in total. The van der Waals surface area contributed by atoms with Crippen LogP contribution in [0.25, 0.3) is 20.7 Å². The third-order valence-corrected chi connectivity index (χ3v) is 5.67. The van der Waals surface area contributed by atoms with E-state index in [1.165, 1.54) is 34.5 Å². The fourth-order valence-electron chi connectivity index (χ4n) is 3.07. The van der Waals surface area contributed by atoms with Crippen molar-refractivity contribution in [2.45, 2.75) is 13.5 Å². The van der Waals surface area contributed by atoms with E-state index in [1.807, 2.05) is 37.3 Å². The molecule has 0 spiro atoms. The fourth-order valence-corrected chi connectivity index (χ4v) is 4.06. The number of hydrogen-bond acceptors (Lipinski definition) is 7. The first-order valence-electron chi connectivity index (χ1n) is 9.87. The number of hydrazone groups is 1. The second kappa shape index (κ2) is 9.44. The van der Waals surface area contributed by atoms with Crippen LogP contribution < -0.4 is 15.7 Å². The summed E-state index contributed by atoms with van der Waals surface area (Å²) in [6.45, 7) is 2.01. The highest BCUT2D eigenvalue weighted by atomic mass is 32.1. The quantitative estimate of drug-likeness (QED) is 0.333. The largest absolute Gasteiger partial charge is 0.504 e. The van der Waals surface area contributed by atoms with Gasteiger partial charge in [-0.2, -0.15) is 5.10 Å². The van der Waals surface area contributed by atoms with Crippen molar-refractivity contribution in [1.29, 1.82) is 0 Å². The highest BCUT2D eigenvalue weighted by molar-refractivity contribution is 7.21. The molecule has 4 rings (SSSR count). The van der Waals surface area contributed by atoms with Crippen LogP contribution in [-0.4, -0.2) is 33.4 Å². The van der Waals surface area contributed by atoms with Crippen LogP contribution >= 0.6 is 11.3 Å². The Kier molecular flexibility index (Phi) is 6.27. The number of aromatic nitrogens is 2. The molecule has 2 aromatic heterocycles. The van der Waals surface area contributed by atoms with Gasteiger partial charge in [-0.25, -0.2) is 10.4 Å². The number of benzene rings is 2. The van der Waals surface area contributed by atoms with Gasteiger partial charge in [0.15, 0.2) is 11.5 Å². The van der Waals surface area contributed by atoms with Gasteiger partial charge in [-0.3, -0.25) is 14.2 Å². The Morgan fingerprint density at radius 1 is 1.25 bits per heavy atom. The lowest BCUT2D eigenvalue weighted by Crippen LogP contribution is -2.29. The van der Waals surface area contributed by atoms with Crippen LogP contribution in [0.5, 0.6) is 11.5 Å². The number of rotatable bonds is 7. The number of thiophene rings is 1. The number of nitrogens with one attached hydrogen (secondary N) is 1. The standard InChI is InChI=1S/C23H20N4O4S/c1-2-31-19-10-15(8-9-18(19)28)12-25-26-21(29)13-27-14-24-22-17(23(27)30)11-20(32-22)16-6-4-3-5-7-16/h3-12,14,28H,2,13H2,1H3,(H,26,29)/b25-12-. The van der Waals surface area contributed by atoms with E-state index in [9.17, 15) is 14.7 Å². The van der Waals surface area contributed by atoms with Gasteiger partial charge in [0, 0.05) is 4.88 Å². The van der Waals surface area contributed by atoms with Crippen molar-refractivity contribution in [2.24, 2.45) is 5.10 Å². The summed E-state index contributed by atoms with van der Waals surface area (Å²) in [5.41, 5.74) is 3.76. The lowest BCUT2D eigenvalue weighted by atomic mass is 10.2. The van der Waals surface area contributed by atoms with E-state index in [0.29, 0.717) is 28.1 Å². The van der Waals surface area contributed by atoms with Crippen LogP contribution in [0.2, 0.25) is 0 Å². The highest BCUT2D eigenvalue weighted by Gasteiger charge is 2.12. The Bertz CT molecular complexity index is 1350. The summed E-state index contributed by atoms with van der Waals surface area (Å²) in [7, 11) is 0. The third kappa shape index (κ3) is 4.68. The summed E-state index contributed by atoms with van der Waals surface area (Å²) in [5, 5.41) is 14.1. The summed E-state index contributed by atoms with van der Waals surface area (Å²) < 4.78 is 6.57. The van der Waals surface area contributed by atoms with Gasteiger partial charge >= 0.3 is 0 Å². The zero-order valence-electron chi connectivity index (χ0n) is 17.2. The van der Waals surface area contributed by atoms with Gasteiger partial charge in [0.25, 0.3) is 11.5 Å². The van der Waals surface area contributed by atoms with E-state index in [0.717, 1.165) is 10.4 Å². The molecule has 0 radical (unpaired) electrons. The van der Waals surface area contributed by atoms with E-state index in [-0.39, 0.29) is 17.9 Å². The van der Waals surface area contributed by atoms with Crippen LogP contribution in [0, 0.1) is 0 Å². The Morgan fingerprint density at radius 2 is 2.06 bits per heavy atom. The minimum Gasteiger partial charge on any atom is -0.504 e. The van der Waals surface area contributed by atoms with Gasteiger partial charge in [-0.05, 0) is 42.3 Å². The molecule has 4 aromatic rings. The molecule has 0 aliphatic heterocycles. The molecule has 0 saturated carbocycles. The van der Waals surface area contributed by atoms with Crippen LogP contribution in [0.15, 0.2) is 70.8 Å². The predicted octanol–water partition coefficient (Wildman–Crippen LogP) is 3.38. The maximum atomic E-state index is 12.8. The van der Waals surface area contributed by atoms with Crippen molar-refractivity contribution in [3.05, 3.63) is 76.8 Å². The SMILES string of the molecule is CCOc1cc(/C=N\NC(=O)Cn2cnc3sc(-c4ccccc4)cc3c2=O)ccc1O. The highest BCUT2D eigenvalue weighted by Crippen LogP contribution is 2.30. The third-order valence-electron chi connectivity index (χ3n) is 4.58. The Labute approximate surface area is 187 Å². The first kappa shape index (κ1) is 21.3. The van der Waals surface area contributed by atoms with Gasteiger partial charge in [0.2, 0.25) is 0 Å². The number of phenolic OH excluding ortho intramolecular Hbond substituents is 1. The molecule has 0 saturated heterocycles. The van der Waals surface area contributed by atoms with Gasteiger partial charge in [-0.15, -0.1) is 11.3 Å². The lowest BCUT2D eigenvalue weighted by Gasteiger charge is -2.06. The summed E-state index contributed by atoms with van der Waals surface area (Å²) in [5.74, 6) is -0.106. The normalized spacial score (nSPS) is 11.2. The first-order valence-corrected chi connectivity index (χ1v) is 10.7. The molecule has 0 aliphatic carbocycles. The Morgan fingerprint density at radius 3 is 2.84 bits per heavy atom. The molecule has 1 amide bonds. The summed E-state index contributed by atoms with van der Waals surface area (Å²) in [6.07, 6.45) is 2.79. The molecule has 2 heterocycles. The Balaban J connectivity index is 1.46. The fraction of sp³-hybridized carbons (Fsp3) is 0.130. The molecular weight excluding hydrogens is 428 g/mol. The molecule has 0 atom stereocenters. The van der Waals surface area contributed by atoms with Crippen molar-refractivity contribution < 1.29 is 14.6 Å². The topological polar surface area (TPSA) is 106 Å². The average Bonchev–Trinajstić information content (AvgIpc) is 3.24. The zero-order chi connectivity index (χ0) is 22.5. The summed E-state index contributed by atoms with van der Waals surface area (Å²) in [6, 6.07) is 16.3. The zero-order valence-corrected chi connectivity index (χ0v) is 18.0. The molecule has 9 heteroatoms.